The average molecular weight is 495 g/mol. The lowest BCUT2D eigenvalue weighted by Gasteiger charge is -2.34. The summed E-state index contributed by atoms with van der Waals surface area (Å²) in [5.41, 5.74) is 0.253. The molecule has 12 heteroatoms. The van der Waals surface area contributed by atoms with E-state index < -0.39 is 17.5 Å². The number of pyridine rings is 1. The van der Waals surface area contributed by atoms with Crippen LogP contribution in [0.15, 0.2) is 47.5 Å². The van der Waals surface area contributed by atoms with Crippen LogP contribution in [0, 0.1) is 0 Å². The van der Waals surface area contributed by atoms with Crippen molar-refractivity contribution in [3.05, 3.63) is 64.1 Å². The highest BCUT2D eigenvalue weighted by Crippen LogP contribution is 2.16. The number of nitrogens with one attached hydrogen (secondary N) is 1. The first kappa shape index (κ1) is 24.6. The van der Waals surface area contributed by atoms with E-state index in [9.17, 15) is 24.3 Å². The van der Waals surface area contributed by atoms with Crippen molar-refractivity contribution in [2.24, 2.45) is 0 Å². The molecule has 0 saturated carbocycles. The van der Waals surface area contributed by atoms with Gasteiger partial charge in [0.1, 0.15) is 24.4 Å². The number of carboxylic acids is 1. The minimum atomic E-state index is -1.30. The number of alkyl carbamates (subject to hydrolysis) is 1. The third-order valence-corrected chi connectivity index (χ3v) is 5.89. The number of carbonyl (C=O) groups is 3. The monoisotopic (exact) mass is 494 g/mol. The Bertz CT molecular complexity index is 1330. The standard InChI is InChI=1S/C24H26N6O6/c1-2-28-14-18(22(33)34)20(32)17-12-25-23(27-21(17)28)30-10-8-29(9-11-30)19(31)13-26-24(35)36-15-16-6-4-3-5-7-16/h3-7,12,14H,2,8-11,13,15H2,1H3,(H,26,35)(H,33,34). The van der Waals surface area contributed by atoms with E-state index in [0.29, 0.717) is 44.3 Å². The van der Waals surface area contributed by atoms with Crippen LogP contribution in [0.4, 0.5) is 10.7 Å². The minimum Gasteiger partial charge on any atom is -0.477 e. The number of carboxylic acid groups (broad SMARTS) is 1. The molecule has 36 heavy (non-hydrogen) atoms. The molecule has 2 aromatic heterocycles. The molecule has 0 atom stereocenters. The lowest BCUT2D eigenvalue weighted by atomic mass is 10.2. The van der Waals surface area contributed by atoms with E-state index in [0.717, 1.165) is 5.56 Å². The Morgan fingerprint density at radius 3 is 2.50 bits per heavy atom. The zero-order chi connectivity index (χ0) is 25.7. The zero-order valence-corrected chi connectivity index (χ0v) is 19.7. The van der Waals surface area contributed by atoms with E-state index >= 15 is 0 Å². The quantitative estimate of drug-likeness (QED) is 0.492. The molecule has 0 radical (unpaired) electrons. The van der Waals surface area contributed by atoms with Crippen LogP contribution < -0.4 is 15.6 Å². The van der Waals surface area contributed by atoms with Crippen molar-refractivity contribution in [2.45, 2.75) is 20.1 Å². The summed E-state index contributed by atoms with van der Waals surface area (Å²) in [6, 6.07) is 9.24. The Kier molecular flexibility index (Phi) is 7.42. The molecular weight excluding hydrogens is 468 g/mol. The number of anilines is 1. The van der Waals surface area contributed by atoms with E-state index in [1.54, 1.807) is 9.47 Å². The largest absolute Gasteiger partial charge is 0.477 e. The molecule has 0 unspecified atom stereocenters. The topological polar surface area (TPSA) is 147 Å². The number of hydrogen-bond acceptors (Lipinski definition) is 8. The van der Waals surface area contributed by atoms with Gasteiger partial charge in [0, 0.05) is 45.1 Å². The number of benzene rings is 1. The number of aryl methyl sites for hydroxylation is 1. The molecule has 1 aromatic carbocycles. The molecule has 0 bridgehead atoms. The van der Waals surface area contributed by atoms with E-state index in [2.05, 4.69) is 15.3 Å². The van der Waals surface area contributed by atoms with Gasteiger partial charge in [-0.2, -0.15) is 4.98 Å². The number of nitrogens with zero attached hydrogens (tertiary/aromatic N) is 5. The summed E-state index contributed by atoms with van der Waals surface area (Å²) in [7, 11) is 0. The van der Waals surface area contributed by atoms with E-state index in [4.69, 9.17) is 4.74 Å². The van der Waals surface area contributed by atoms with Crippen LogP contribution >= 0.6 is 0 Å². The number of hydrogen-bond donors (Lipinski definition) is 2. The SMILES string of the molecule is CCn1cc(C(=O)O)c(=O)c2cnc(N3CCN(C(=O)CNC(=O)OCc4ccccc4)CC3)nc21. The molecule has 2 N–H and O–H groups in total. The number of rotatable bonds is 7. The number of aromatic carboxylic acids is 1. The fraction of sp³-hybridized carbons (Fsp3) is 0.333. The maximum Gasteiger partial charge on any atom is 0.407 e. The molecule has 1 aliphatic rings. The van der Waals surface area contributed by atoms with Crippen LogP contribution in [-0.2, 0) is 22.7 Å². The number of fused-ring (bicyclic) bond motifs is 1. The number of amides is 2. The van der Waals surface area contributed by atoms with Gasteiger partial charge in [-0.15, -0.1) is 0 Å². The third kappa shape index (κ3) is 5.43. The second kappa shape index (κ2) is 10.8. The van der Waals surface area contributed by atoms with Crippen molar-refractivity contribution in [3.63, 3.8) is 0 Å². The minimum absolute atomic E-state index is 0.120. The Morgan fingerprint density at radius 1 is 1.11 bits per heavy atom. The van der Waals surface area contributed by atoms with Gasteiger partial charge in [-0.25, -0.2) is 14.6 Å². The van der Waals surface area contributed by atoms with Gasteiger partial charge in [-0.3, -0.25) is 9.59 Å². The van der Waals surface area contributed by atoms with Crippen molar-refractivity contribution >= 4 is 35.0 Å². The van der Waals surface area contributed by atoms with Crippen molar-refractivity contribution in [3.8, 4) is 0 Å². The Hall–Kier alpha value is -4.48. The zero-order valence-electron chi connectivity index (χ0n) is 19.7. The highest BCUT2D eigenvalue weighted by molar-refractivity contribution is 5.91. The van der Waals surface area contributed by atoms with Gasteiger partial charge in [0.25, 0.3) is 0 Å². The molecule has 12 nitrogen and oxygen atoms in total. The Balaban J connectivity index is 1.33. The Morgan fingerprint density at radius 2 is 1.83 bits per heavy atom. The van der Waals surface area contributed by atoms with Gasteiger partial charge in [0.2, 0.25) is 17.3 Å². The van der Waals surface area contributed by atoms with Crippen LogP contribution in [0.25, 0.3) is 11.0 Å². The van der Waals surface area contributed by atoms with Crippen molar-refractivity contribution < 1.29 is 24.2 Å². The number of ether oxygens (including phenoxy) is 1. The number of aromatic nitrogens is 3. The maximum absolute atomic E-state index is 12.5. The van der Waals surface area contributed by atoms with E-state index in [1.807, 2.05) is 42.2 Å². The summed E-state index contributed by atoms with van der Waals surface area (Å²) < 4.78 is 6.73. The highest BCUT2D eigenvalue weighted by atomic mass is 16.5. The molecule has 0 aliphatic carbocycles. The van der Waals surface area contributed by atoms with Gasteiger partial charge < -0.3 is 29.5 Å². The maximum atomic E-state index is 12.5. The molecule has 0 spiro atoms. The van der Waals surface area contributed by atoms with Gasteiger partial charge in [0.15, 0.2) is 0 Å². The Labute approximate surface area is 206 Å². The summed E-state index contributed by atoms with van der Waals surface area (Å²) in [5, 5.41) is 11.9. The number of piperazine rings is 1. The van der Waals surface area contributed by atoms with Crippen LogP contribution in [-0.4, -0.2) is 75.2 Å². The van der Waals surface area contributed by atoms with E-state index in [1.165, 1.54) is 12.4 Å². The van der Waals surface area contributed by atoms with Crippen molar-refractivity contribution in [1.29, 1.82) is 0 Å². The molecule has 3 aromatic rings. The summed E-state index contributed by atoms with van der Waals surface area (Å²) in [6.45, 7) is 3.92. The normalized spacial score (nSPS) is 13.5. The molecule has 1 fully saturated rings. The second-order valence-corrected chi connectivity index (χ2v) is 8.15. The predicted octanol–water partition coefficient (Wildman–Crippen LogP) is 1.08. The van der Waals surface area contributed by atoms with Crippen molar-refractivity contribution in [1.82, 2.24) is 24.8 Å². The lowest BCUT2D eigenvalue weighted by molar-refractivity contribution is -0.130. The first-order chi connectivity index (χ1) is 17.4. The number of carbonyl (C=O) groups excluding carboxylic acids is 2. The first-order valence-corrected chi connectivity index (χ1v) is 11.5. The van der Waals surface area contributed by atoms with Crippen LogP contribution in [0.1, 0.15) is 22.8 Å². The van der Waals surface area contributed by atoms with Crippen molar-refractivity contribution in [2.75, 3.05) is 37.6 Å². The van der Waals surface area contributed by atoms with Gasteiger partial charge >= 0.3 is 12.1 Å². The highest BCUT2D eigenvalue weighted by Gasteiger charge is 2.24. The molecule has 1 saturated heterocycles. The van der Waals surface area contributed by atoms with Gasteiger partial charge in [0.05, 0.1) is 5.39 Å². The predicted molar refractivity (Wildman–Crippen MR) is 130 cm³/mol. The summed E-state index contributed by atoms with van der Waals surface area (Å²) >= 11 is 0. The molecule has 3 heterocycles. The van der Waals surface area contributed by atoms with Crippen LogP contribution in [0.2, 0.25) is 0 Å². The summed E-state index contributed by atoms with van der Waals surface area (Å²) in [5.74, 6) is -1.14. The van der Waals surface area contributed by atoms with Gasteiger partial charge in [-0.05, 0) is 12.5 Å². The first-order valence-electron chi connectivity index (χ1n) is 11.5. The average Bonchev–Trinajstić information content (AvgIpc) is 2.91. The molecule has 1 aliphatic heterocycles. The van der Waals surface area contributed by atoms with Crippen LogP contribution in [0.5, 0.6) is 0 Å². The molecular formula is C24H26N6O6. The van der Waals surface area contributed by atoms with E-state index in [-0.39, 0.29) is 30.0 Å². The second-order valence-electron chi connectivity index (χ2n) is 8.15. The fourth-order valence-corrected chi connectivity index (χ4v) is 3.90. The summed E-state index contributed by atoms with van der Waals surface area (Å²) in [4.78, 5) is 60.6. The molecule has 4 rings (SSSR count). The molecule has 2 amide bonds. The third-order valence-electron chi connectivity index (χ3n) is 5.89. The summed E-state index contributed by atoms with van der Waals surface area (Å²) in [6.07, 6.45) is 1.97. The van der Waals surface area contributed by atoms with Gasteiger partial charge in [-0.1, -0.05) is 30.3 Å². The smallest absolute Gasteiger partial charge is 0.407 e. The molecule has 188 valence electrons. The lowest BCUT2D eigenvalue weighted by Crippen LogP contribution is -2.51. The fourth-order valence-electron chi connectivity index (χ4n) is 3.90. The van der Waals surface area contributed by atoms with Crippen LogP contribution in [0.3, 0.4) is 0 Å².